The molecule has 1 aromatic carbocycles. The molecule has 0 aliphatic carbocycles. The number of benzene rings is 1. The summed E-state index contributed by atoms with van der Waals surface area (Å²) in [6.45, 7) is 5.71. The second kappa shape index (κ2) is 5.25. The zero-order valence-corrected chi connectivity index (χ0v) is 11.8. The number of phenolic OH excluding ortho intramolecular Hbond substituents is 1. The minimum atomic E-state index is 0.310. The van der Waals surface area contributed by atoms with E-state index in [9.17, 15) is 5.11 Å². The van der Waals surface area contributed by atoms with E-state index in [0.717, 1.165) is 42.6 Å². The third-order valence-corrected chi connectivity index (χ3v) is 3.84. The fourth-order valence-corrected chi connectivity index (χ4v) is 2.67. The van der Waals surface area contributed by atoms with Gasteiger partial charge in [0.15, 0.2) is 0 Å². The molecule has 2 N–H and O–H groups in total. The number of aromatic hydroxyl groups is 1. The third-order valence-electron chi connectivity index (χ3n) is 3.84. The smallest absolute Gasteiger partial charge is 0.231 e. The van der Waals surface area contributed by atoms with E-state index in [4.69, 9.17) is 4.52 Å². The van der Waals surface area contributed by atoms with E-state index in [-0.39, 0.29) is 0 Å². The summed E-state index contributed by atoms with van der Waals surface area (Å²) >= 11 is 0. The van der Waals surface area contributed by atoms with E-state index in [1.165, 1.54) is 0 Å². The Hall–Kier alpha value is -1.88. The van der Waals surface area contributed by atoms with Crippen molar-refractivity contribution in [2.24, 2.45) is 0 Å². The average Bonchev–Trinajstić information content (AvgIpc) is 2.95. The Balaban J connectivity index is 1.89. The highest BCUT2D eigenvalue weighted by atomic mass is 16.5. The molecule has 0 radical (unpaired) electrons. The molecule has 1 aromatic heterocycles. The van der Waals surface area contributed by atoms with E-state index >= 15 is 0 Å². The molecule has 2 heterocycles. The molecule has 106 valence electrons. The monoisotopic (exact) mass is 273 g/mol. The number of rotatable bonds is 2. The van der Waals surface area contributed by atoms with Gasteiger partial charge < -0.3 is 14.9 Å². The Kier molecular flexibility index (Phi) is 3.44. The second-order valence-corrected chi connectivity index (χ2v) is 5.46. The zero-order chi connectivity index (χ0) is 14.1. The maximum atomic E-state index is 9.81. The van der Waals surface area contributed by atoms with Crippen LogP contribution in [0, 0.1) is 13.8 Å². The molecule has 2 aromatic rings. The van der Waals surface area contributed by atoms with Crippen molar-refractivity contribution in [1.82, 2.24) is 15.5 Å². The van der Waals surface area contributed by atoms with Gasteiger partial charge in [-0.2, -0.15) is 4.98 Å². The van der Waals surface area contributed by atoms with Gasteiger partial charge in [-0.25, -0.2) is 0 Å². The molecule has 3 rings (SSSR count). The minimum absolute atomic E-state index is 0.310. The lowest BCUT2D eigenvalue weighted by molar-refractivity contribution is 0.322. The molecule has 1 aliphatic heterocycles. The fourth-order valence-electron chi connectivity index (χ4n) is 2.67. The first kappa shape index (κ1) is 13.1. The van der Waals surface area contributed by atoms with Crippen molar-refractivity contribution in [3.63, 3.8) is 0 Å². The van der Waals surface area contributed by atoms with Gasteiger partial charge in [0.05, 0.1) is 5.92 Å². The van der Waals surface area contributed by atoms with Crippen LogP contribution in [0.5, 0.6) is 5.75 Å². The predicted molar refractivity (Wildman–Crippen MR) is 75.7 cm³/mol. The van der Waals surface area contributed by atoms with Crippen molar-refractivity contribution in [3.05, 3.63) is 29.2 Å². The van der Waals surface area contributed by atoms with Gasteiger partial charge in [-0.1, -0.05) is 5.16 Å². The van der Waals surface area contributed by atoms with Crippen LogP contribution in [0.25, 0.3) is 11.4 Å². The summed E-state index contributed by atoms with van der Waals surface area (Å²) in [5, 5.41) is 17.2. The van der Waals surface area contributed by atoms with Crippen LogP contribution in [0.15, 0.2) is 16.7 Å². The Morgan fingerprint density at radius 1 is 1.30 bits per heavy atom. The second-order valence-electron chi connectivity index (χ2n) is 5.46. The van der Waals surface area contributed by atoms with Crippen LogP contribution in [-0.2, 0) is 0 Å². The highest BCUT2D eigenvalue weighted by Gasteiger charge is 2.22. The lowest BCUT2D eigenvalue weighted by atomic mass is 10.00. The van der Waals surface area contributed by atoms with Crippen molar-refractivity contribution >= 4 is 0 Å². The number of hydrogen-bond donors (Lipinski definition) is 2. The molecule has 0 bridgehead atoms. The SMILES string of the molecule is Cc1cc(-c2noc([C@@H]3CCCNC3)n2)cc(C)c1O. The minimum Gasteiger partial charge on any atom is -0.507 e. The van der Waals surface area contributed by atoms with E-state index in [1.54, 1.807) is 0 Å². The van der Waals surface area contributed by atoms with Gasteiger partial charge in [0.2, 0.25) is 11.7 Å². The molecular formula is C15H19N3O2. The molecule has 5 nitrogen and oxygen atoms in total. The normalized spacial score (nSPS) is 19.2. The standard InChI is InChI=1S/C15H19N3O2/c1-9-6-12(7-10(2)13(9)19)14-17-15(20-18-14)11-4-3-5-16-8-11/h6-7,11,16,19H,3-5,8H2,1-2H3/t11-/m1/s1. The van der Waals surface area contributed by atoms with Gasteiger partial charge in [0, 0.05) is 12.1 Å². The summed E-state index contributed by atoms with van der Waals surface area (Å²) in [7, 11) is 0. The first-order chi connectivity index (χ1) is 9.65. The highest BCUT2D eigenvalue weighted by molar-refractivity contribution is 5.60. The topological polar surface area (TPSA) is 71.2 Å². The molecular weight excluding hydrogens is 254 g/mol. The van der Waals surface area contributed by atoms with Gasteiger partial charge >= 0.3 is 0 Å². The Morgan fingerprint density at radius 2 is 2.05 bits per heavy atom. The van der Waals surface area contributed by atoms with Crippen LogP contribution in [-0.4, -0.2) is 28.3 Å². The van der Waals surface area contributed by atoms with Gasteiger partial charge in [0.1, 0.15) is 5.75 Å². The molecule has 1 saturated heterocycles. The van der Waals surface area contributed by atoms with Crippen molar-refractivity contribution in [2.45, 2.75) is 32.6 Å². The van der Waals surface area contributed by atoms with Gasteiger partial charge in [-0.3, -0.25) is 0 Å². The number of hydrogen-bond acceptors (Lipinski definition) is 5. The lowest BCUT2D eigenvalue weighted by Crippen LogP contribution is -2.28. The first-order valence-electron chi connectivity index (χ1n) is 7.00. The van der Waals surface area contributed by atoms with Crippen LogP contribution < -0.4 is 5.32 Å². The predicted octanol–water partition coefficient (Wildman–Crippen LogP) is 2.53. The molecule has 0 spiro atoms. The van der Waals surface area contributed by atoms with Crippen LogP contribution in [0.2, 0.25) is 0 Å². The van der Waals surface area contributed by atoms with Gasteiger partial charge in [-0.15, -0.1) is 0 Å². The molecule has 0 amide bonds. The highest BCUT2D eigenvalue weighted by Crippen LogP contribution is 2.29. The van der Waals surface area contributed by atoms with Crippen LogP contribution in [0.3, 0.4) is 0 Å². The number of piperidine rings is 1. The summed E-state index contributed by atoms with van der Waals surface area (Å²) < 4.78 is 5.40. The summed E-state index contributed by atoms with van der Waals surface area (Å²) in [6, 6.07) is 3.77. The summed E-state index contributed by atoms with van der Waals surface area (Å²) in [4.78, 5) is 4.52. The molecule has 20 heavy (non-hydrogen) atoms. The molecule has 1 fully saturated rings. The van der Waals surface area contributed by atoms with Crippen LogP contribution >= 0.6 is 0 Å². The van der Waals surface area contributed by atoms with Crippen molar-refractivity contribution < 1.29 is 9.63 Å². The molecule has 1 atom stereocenters. The number of nitrogens with one attached hydrogen (secondary N) is 1. The largest absolute Gasteiger partial charge is 0.507 e. The van der Waals surface area contributed by atoms with Crippen molar-refractivity contribution in [1.29, 1.82) is 0 Å². The quantitative estimate of drug-likeness (QED) is 0.879. The van der Waals surface area contributed by atoms with Gasteiger partial charge in [-0.05, 0) is 56.5 Å². The first-order valence-corrected chi connectivity index (χ1v) is 7.00. The number of phenols is 1. The van der Waals surface area contributed by atoms with Gasteiger partial charge in [0.25, 0.3) is 0 Å². The lowest BCUT2D eigenvalue weighted by Gasteiger charge is -2.18. The van der Waals surface area contributed by atoms with E-state index < -0.39 is 0 Å². The van der Waals surface area contributed by atoms with Crippen LogP contribution in [0.1, 0.15) is 35.8 Å². The summed E-state index contributed by atoms with van der Waals surface area (Å²) in [5.74, 6) is 1.94. The maximum Gasteiger partial charge on any atom is 0.231 e. The third kappa shape index (κ3) is 2.41. The zero-order valence-electron chi connectivity index (χ0n) is 11.8. The molecule has 5 heteroatoms. The Bertz CT molecular complexity index is 592. The van der Waals surface area contributed by atoms with E-state index in [1.807, 2.05) is 26.0 Å². The van der Waals surface area contributed by atoms with Crippen molar-refractivity contribution in [2.75, 3.05) is 13.1 Å². The number of aromatic nitrogens is 2. The summed E-state index contributed by atoms with van der Waals surface area (Å²) in [5.41, 5.74) is 2.54. The van der Waals surface area contributed by atoms with Crippen LogP contribution in [0.4, 0.5) is 0 Å². The maximum absolute atomic E-state index is 9.81. The Morgan fingerprint density at radius 3 is 2.70 bits per heavy atom. The van der Waals surface area contributed by atoms with Crippen molar-refractivity contribution in [3.8, 4) is 17.1 Å². The van der Waals surface area contributed by atoms with E-state index in [0.29, 0.717) is 23.4 Å². The number of aryl methyl sites for hydroxylation is 2. The molecule has 0 unspecified atom stereocenters. The number of nitrogens with zero attached hydrogens (tertiary/aromatic N) is 2. The summed E-state index contributed by atoms with van der Waals surface area (Å²) in [6.07, 6.45) is 2.22. The Labute approximate surface area is 118 Å². The molecule has 1 aliphatic rings. The van der Waals surface area contributed by atoms with E-state index in [2.05, 4.69) is 15.5 Å². The fraction of sp³-hybridized carbons (Fsp3) is 0.467. The molecule has 0 saturated carbocycles. The average molecular weight is 273 g/mol.